The first-order valence-electron chi connectivity index (χ1n) is 10.9. The van der Waals surface area contributed by atoms with Gasteiger partial charge in [0.2, 0.25) is 12.7 Å². The molecule has 0 saturated carbocycles. The number of carbonyl (C=O) groups is 1. The maximum absolute atomic E-state index is 12.5. The van der Waals surface area contributed by atoms with Gasteiger partial charge < -0.3 is 15.2 Å². The van der Waals surface area contributed by atoms with Crippen molar-refractivity contribution in [2.45, 2.75) is 44.2 Å². The smallest absolute Gasteiger partial charge is 0.238 e. The van der Waals surface area contributed by atoms with E-state index < -0.39 is 5.54 Å². The molecule has 0 unspecified atom stereocenters. The highest BCUT2D eigenvalue weighted by Crippen LogP contribution is 2.37. The molecule has 8 nitrogen and oxygen atoms in total. The number of aromatic nitrogens is 2. The minimum atomic E-state index is -0.479. The van der Waals surface area contributed by atoms with Crippen LogP contribution in [-0.4, -0.2) is 64.4 Å². The fourth-order valence-corrected chi connectivity index (χ4v) is 5.10. The quantitative estimate of drug-likeness (QED) is 0.782. The van der Waals surface area contributed by atoms with E-state index >= 15 is 0 Å². The van der Waals surface area contributed by atoms with Gasteiger partial charge in [0, 0.05) is 30.8 Å². The van der Waals surface area contributed by atoms with Crippen LogP contribution in [0.3, 0.4) is 0 Å². The van der Waals surface area contributed by atoms with Crippen LogP contribution in [0.1, 0.15) is 37.7 Å². The zero-order chi connectivity index (χ0) is 20.6. The van der Waals surface area contributed by atoms with Crippen molar-refractivity contribution in [2.24, 2.45) is 5.73 Å². The number of nitrogens with one attached hydrogen (secondary N) is 1. The lowest BCUT2D eigenvalue weighted by atomic mass is 9.83. The normalized spacial score (nSPS) is 21.6. The van der Waals surface area contributed by atoms with Gasteiger partial charge in [0.1, 0.15) is 5.54 Å². The molecule has 2 fully saturated rings. The molecule has 0 atom stereocenters. The van der Waals surface area contributed by atoms with Crippen molar-refractivity contribution < 1.29 is 14.3 Å². The molecule has 2 saturated heterocycles. The van der Waals surface area contributed by atoms with E-state index in [1.165, 1.54) is 6.42 Å². The SMILES string of the molecule is NC(=O)C1(N2CCCCC2)CCN(Cc2cn[nH]c2-c2ccc3c(c2)OCO3)CC1. The molecule has 160 valence electrons. The summed E-state index contributed by atoms with van der Waals surface area (Å²) in [6.07, 6.45) is 7.04. The highest BCUT2D eigenvalue weighted by atomic mass is 16.7. The number of nitrogens with two attached hydrogens (primary N) is 1. The number of likely N-dealkylation sites (tertiary alicyclic amines) is 2. The third kappa shape index (κ3) is 3.44. The molecule has 1 amide bonds. The van der Waals surface area contributed by atoms with Crippen molar-refractivity contribution in [3.63, 3.8) is 0 Å². The minimum Gasteiger partial charge on any atom is -0.454 e. The van der Waals surface area contributed by atoms with Gasteiger partial charge in [-0.15, -0.1) is 0 Å². The lowest BCUT2D eigenvalue weighted by Crippen LogP contribution is -2.63. The number of rotatable bonds is 5. The van der Waals surface area contributed by atoms with E-state index in [0.29, 0.717) is 0 Å². The second kappa shape index (κ2) is 7.92. The number of piperidine rings is 2. The van der Waals surface area contributed by atoms with Crippen LogP contribution < -0.4 is 15.2 Å². The van der Waals surface area contributed by atoms with E-state index in [0.717, 1.165) is 86.7 Å². The third-order valence-corrected chi connectivity index (χ3v) is 6.88. The Morgan fingerprint density at radius 1 is 1.10 bits per heavy atom. The zero-order valence-corrected chi connectivity index (χ0v) is 17.2. The molecule has 3 aliphatic rings. The number of H-pyrrole nitrogens is 1. The summed E-state index contributed by atoms with van der Waals surface area (Å²) in [4.78, 5) is 17.2. The average molecular weight is 412 g/mol. The van der Waals surface area contributed by atoms with Crippen LogP contribution in [0.25, 0.3) is 11.3 Å². The summed E-state index contributed by atoms with van der Waals surface area (Å²) in [6.45, 7) is 4.73. The first kappa shape index (κ1) is 19.4. The minimum absolute atomic E-state index is 0.159. The van der Waals surface area contributed by atoms with E-state index in [9.17, 15) is 4.79 Å². The lowest BCUT2D eigenvalue weighted by Gasteiger charge is -2.48. The molecule has 5 rings (SSSR count). The largest absolute Gasteiger partial charge is 0.454 e. The molecule has 0 aliphatic carbocycles. The number of carbonyl (C=O) groups excluding carboxylic acids is 1. The Balaban J connectivity index is 1.28. The van der Waals surface area contributed by atoms with Gasteiger partial charge in [-0.2, -0.15) is 5.10 Å². The lowest BCUT2D eigenvalue weighted by molar-refractivity contribution is -0.135. The Kier molecular flexibility index (Phi) is 5.12. The first-order chi connectivity index (χ1) is 14.7. The van der Waals surface area contributed by atoms with E-state index in [2.05, 4.69) is 20.0 Å². The van der Waals surface area contributed by atoms with Crippen molar-refractivity contribution >= 4 is 5.91 Å². The number of ether oxygens (including phenoxy) is 2. The molecule has 30 heavy (non-hydrogen) atoms. The van der Waals surface area contributed by atoms with Crippen molar-refractivity contribution in [1.29, 1.82) is 0 Å². The number of primary amides is 1. The number of fused-ring (bicyclic) bond motifs is 1. The number of nitrogens with zero attached hydrogens (tertiary/aromatic N) is 3. The Morgan fingerprint density at radius 3 is 2.63 bits per heavy atom. The van der Waals surface area contributed by atoms with Gasteiger partial charge in [-0.25, -0.2) is 0 Å². The molecule has 0 bridgehead atoms. The van der Waals surface area contributed by atoms with Crippen molar-refractivity contribution in [1.82, 2.24) is 20.0 Å². The van der Waals surface area contributed by atoms with Crippen LogP contribution in [0.5, 0.6) is 11.5 Å². The molecule has 3 aliphatic heterocycles. The standard InChI is InChI=1S/C22H29N5O3/c23-21(28)22(27-8-2-1-3-9-27)6-10-26(11-7-22)14-17-13-24-25-20(17)16-4-5-18-19(12-16)30-15-29-18/h4-5,12-13H,1-3,6-11,14-15H2,(H2,23,28)(H,24,25). The Labute approximate surface area is 176 Å². The molecule has 1 aromatic carbocycles. The monoisotopic (exact) mass is 411 g/mol. The van der Waals surface area contributed by atoms with E-state index in [4.69, 9.17) is 15.2 Å². The van der Waals surface area contributed by atoms with Crippen molar-refractivity contribution in [3.05, 3.63) is 30.0 Å². The third-order valence-electron chi connectivity index (χ3n) is 6.88. The van der Waals surface area contributed by atoms with Gasteiger partial charge in [0.25, 0.3) is 0 Å². The summed E-state index contributed by atoms with van der Waals surface area (Å²) >= 11 is 0. The van der Waals surface area contributed by atoms with E-state index in [1.807, 2.05) is 24.4 Å². The average Bonchev–Trinajstić information content (AvgIpc) is 3.43. The van der Waals surface area contributed by atoms with Gasteiger partial charge in [-0.3, -0.25) is 19.7 Å². The van der Waals surface area contributed by atoms with Crippen molar-refractivity contribution in [2.75, 3.05) is 33.0 Å². The van der Waals surface area contributed by atoms with Crippen LogP contribution in [0, 0.1) is 0 Å². The number of amides is 1. The maximum Gasteiger partial charge on any atom is 0.238 e. The fraction of sp³-hybridized carbons (Fsp3) is 0.545. The van der Waals surface area contributed by atoms with Gasteiger partial charge in [0.05, 0.1) is 11.9 Å². The molecule has 0 radical (unpaired) electrons. The van der Waals surface area contributed by atoms with Crippen LogP contribution in [-0.2, 0) is 11.3 Å². The molecule has 0 spiro atoms. The van der Waals surface area contributed by atoms with Gasteiger partial charge in [0.15, 0.2) is 11.5 Å². The zero-order valence-electron chi connectivity index (χ0n) is 17.2. The van der Waals surface area contributed by atoms with Gasteiger partial charge in [-0.1, -0.05) is 6.42 Å². The fourth-order valence-electron chi connectivity index (χ4n) is 5.10. The summed E-state index contributed by atoms with van der Waals surface area (Å²) in [5.74, 6) is 1.38. The molecular weight excluding hydrogens is 382 g/mol. The molecule has 4 heterocycles. The summed E-state index contributed by atoms with van der Waals surface area (Å²) in [6, 6.07) is 5.95. The van der Waals surface area contributed by atoms with Crippen LogP contribution in [0.2, 0.25) is 0 Å². The Morgan fingerprint density at radius 2 is 1.87 bits per heavy atom. The van der Waals surface area contributed by atoms with Crippen LogP contribution in [0.15, 0.2) is 24.4 Å². The highest BCUT2D eigenvalue weighted by molar-refractivity contribution is 5.85. The summed E-state index contributed by atoms with van der Waals surface area (Å²) in [5.41, 5.74) is 8.61. The topological polar surface area (TPSA) is 96.7 Å². The van der Waals surface area contributed by atoms with Gasteiger partial charge in [-0.05, 0) is 57.0 Å². The van der Waals surface area contributed by atoms with E-state index in [1.54, 1.807) is 0 Å². The second-order valence-corrected chi connectivity index (χ2v) is 8.56. The number of hydrogen-bond acceptors (Lipinski definition) is 6. The molecule has 1 aromatic heterocycles. The van der Waals surface area contributed by atoms with Crippen molar-refractivity contribution in [3.8, 4) is 22.8 Å². The predicted molar refractivity (Wildman–Crippen MR) is 112 cm³/mol. The number of hydrogen-bond donors (Lipinski definition) is 2. The number of benzene rings is 1. The highest BCUT2D eigenvalue weighted by Gasteiger charge is 2.45. The molecule has 3 N–H and O–H groups in total. The molecular formula is C22H29N5O3. The summed E-state index contributed by atoms with van der Waals surface area (Å²) in [7, 11) is 0. The van der Waals surface area contributed by atoms with E-state index in [-0.39, 0.29) is 12.7 Å². The maximum atomic E-state index is 12.5. The molecule has 2 aromatic rings. The molecule has 8 heteroatoms. The van der Waals surface area contributed by atoms with Crippen LogP contribution in [0.4, 0.5) is 0 Å². The summed E-state index contributed by atoms with van der Waals surface area (Å²) in [5, 5.41) is 7.42. The van der Waals surface area contributed by atoms with Gasteiger partial charge >= 0.3 is 0 Å². The predicted octanol–water partition coefficient (Wildman–Crippen LogP) is 2.11. The number of aromatic amines is 1. The Hall–Kier alpha value is -2.58. The second-order valence-electron chi connectivity index (χ2n) is 8.56. The first-order valence-corrected chi connectivity index (χ1v) is 10.9. The Bertz CT molecular complexity index is 913. The van der Waals surface area contributed by atoms with Crippen LogP contribution >= 0.6 is 0 Å². The summed E-state index contributed by atoms with van der Waals surface area (Å²) < 4.78 is 10.9.